The van der Waals surface area contributed by atoms with Gasteiger partial charge in [0.15, 0.2) is 0 Å². The van der Waals surface area contributed by atoms with E-state index in [1.165, 1.54) is 0 Å². The minimum atomic E-state index is -0.256. The Balaban J connectivity index is 1.50. The number of carbonyl (C=O) groups excluding carboxylic acids is 1. The molecule has 0 aliphatic carbocycles. The first-order chi connectivity index (χ1) is 14.0. The SMILES string of the molecule is C/C(=N/OCCN1CCOCC1)c1ccc(NC(=O)c2ccc(Cl)c(Cl)c2)cc1. The van der Waals surface area contributed by atoms with Crippen LogP contribution in [0.3, 0.4) is 0 Å². The molecule has 0 unspecified atom stereocenters. The molecule has 1 aliphatic heterocycles. The number of ether oxygens (including phenoxy) is 1. The Bertz CT molecular complexity index is 866. The Morgan fingerprint density at radius 2 is 1.79 bits per heavy atom. The van der Waals surface area contributed by atoms with E-state index >= 15 is 0 Å². The number of benzene rings is 2. The summed E-state index contributed by atoms with van der Waals surface area (Å²) in [5.41, 5.74) is 2.80. The summed E-state index contributed by atoms with van der Waals surface area (Å²) >= 11 is 11.9. The zero-order valence-electron chi connectivity index (χ0n) is 16.2. The van der Waals surface area contributed by atoms with Crippen molar-refractivity contribution in [2.24, 2.45) is 5.16 Å². The van der Waals surface area contributed by atoms with Gasteiger partial charge < -0.3 is 14.9 Å². The van der Waals surface area contributed by atoms with E-state index in [2.05, 4.69) is 15.4 Å². The summed E-state index contributed by atoms with van der Waals surface area (Å²) in [6, 6.07) is 12.2. The molecule has 0 atom stereocenters. The second-order valence-corrected chi connectivity index (χ2v) is 7.44. The van der Waals surface area contributed by atoms with Gasteiger partial charge in [-0.1, -0.05) is 40.5 Å². The normalized spacial score (nSPS) is 15.2. The maximum atomic E-state index is 12.3. The number of carbonyl (C=O) groups is 1. The van der Waals surface area contributed by atoms with Crippen LogP contribution in [0.1, 0.15) is 22.8 Å². The van der Waals surface area contributed by atoms with E-state index in [1.807, 2.05) is 31.2 Å². The van der Waals surface area contributed by atoms with Crippen molar-refractivity contribution in [1.82, 2.24) is 4.90 Å². The highest BCUT2D eigenvalue weighted by atomic mass is 35.5. The summed E-state index contributed by atoms with van der Waals surface area (Å²) in [5.74, 6) is -0.256. The monoisotopic (exact) mass is 435 g/mol. The molecule has 2 aromatic carbocycles. The van der Waals surface area contributed by atoms with Crippen LogP contribution in [-0.2, 0) is 9.57 Å². The third-order valence-electron chi connectivity index (χ3n) is 4.55. The summed E-state index contributed by atoms with van der Waals surface area (Å²) < 4.78 is 5.32. The van der Waals surface area contributed by atoms with Gasteiger partial charge in [-0.05, 0) is 42.8 Å². The van der Waals surface area contributed by atoms with Crippen LogP contribution in [0.5, 0.6) is 0 Å². The van der Waals surface area contributed by atoms with E-state index in [-0.39, 0.29) is 5.91 Å². The van der Waals surface area contributed by atoms with E-state index in [0.717, 1.165) is 44.1 Å². The molecule has 154 valence electrons. The van der Waals surface area contributed by atoms with Crippen molar-refractivity contribution in [2.75, 3.05) is 44.8 Å². The van der Waals surface area contributed by atoms with Crippen LogP contribution in [-0.4, -0.2) is 56.0 Å². The topological polar surface area (TPSA) is 63.2 Å². The fraction of sp³-hybridized carbons (Fsp3) is 0.333. The Hall–Kier alpha value is -2.12. The third kappa shape index (κ3) is 6.44. The molecule has 1 saturated heterocycles. The number of rotatable bonds is 7. The number of hydrogen-bond donors (Lipinski definition) is 1. The second-order valence-electron chi connectivity index (χ2n) is 6.62. The number of amides is 1. The predicted octanol–water partition coefficient (Wildman–Crippen LogP) is 4.32. The molecule has 0 saturated carbocycles. The molecule has 1 N–H and O–H groups in total. The van der Waals surface area contributed by atoms with Crippen LogP contribution < -0.4 is 5.32 Å². The second kappa shape index (κ2) is 10.6. The zero-order chi connectivity index (χ0) is 20.6. The number of oxime groups is 1. The van der Waals surface area contributed by atoms with Crippen LogP contribution in [0, 0.1) is 0 Å². The van der Waals surface area contributed by atoms with Gasteiger partial charge in [0, 0.05) is 30.9 Å². The highest BCUT2D eigenvalue weighted by Crippen LogP contribution is 2.23. The van der Waals surface area contributed by atoms with E-state index in [9.17, 15) is 4.79 Å². The highest BCUT2D eigenvalue weighted by molar-refractivity contribution is 6.42. The Kier molecular flexibility index (Phi) is 7.89. The predicted molar refractivity (Wildman–Crippen MR) is 116 cm³/mol. The molecule has 1 heterocycles. The van der Waals surface area contributed by atoms with E-state index in [0.29, 0.717) is 27.9 Å². The van der Waals surface area contributed by atoms with Gasteiger partial charge in [-0.15, -0.1) is 0 Å². The summed E-state index contributed by atoms with van der Waals surface area (Å²) in [6.07, 6.45) is 0. The van der Waals surface area contributed by atoms with Gasteiger partial charge >= 0.3 is 0 Å². The van der Waals surface area contributed by atoms with Crippen molar-refractivity contribution in [3.63, 3.8) is 0 Å². The van der Waals surface area contributed by atoms with Gasteiger partial charge in [-0.2, -0.15) is 0 Å². The molecule has 6 nitrogen and oxygen atoms in total. The molecule has 1 fully saturated rings. The van der Waals surface area contributed by atoms with Gasteiger partial charge in [-0.3, -0.25) is 9.69 Å². The number of nitrogens with one attached hydrogen (secondary N) is 1. The van der Waals surface area contributed by atoms with E-state index in [4.69, 9.17) is 32.8 Å². The quantitative estimate of drug-likeness (QED) is 0.399. The van der Waals surface area contributed by atoms with Gasteiger partial charge in [0.05, 0.1) is 29.0 Å². The van der Waals surface area contributed by atoms with Gasteiger partial charge in [0.1, 0.15) is 6.61 Å². The fourth-order valence-corrected chi connectivity index (χ4v) is 3.12. The largest absolute Gasteiger partial charge is 0.394 e. The first kappa shape index (κ1) is 21.6. The van der Waals surface area contributed by atoms with Crippen molar-refractivity contribution in [3.8, 4) is 0 Å². The molecule has 8 heteroatoms. The van der Waals surface area contributed by atoms with Gasteiger partial charge in [-0.25, -0.2) is 0 Å². The molecular formula is C21H23Cl2N3O3. The van der Waals surface area contributed by atoms with E-state index < -0.39 is 0 Å². The molecule has 0 spiro atoms. The molecule has 1 amide bonds. The molecule has 0 bridgehead atoms. The molecule has 3 rings (SSSR count). The lowest BCUT2D eigenvalue weighted by Gasteiger charge is -2.25. The third-order valence-corrected chi connectivity index (χ3v) is 5.29. The van der Waals surface area contributed by atoms with Crippen LogP contribution in [0.25, 0.3) is 0 Å². The highest BCUT2D eigenvalue weighted by Gasteiger charge is 2.10. The average molecular weight is 436 g/mol. The number of anilines is 1. The summed E-state index contributed by atoms with van der Waals surface area (Å²) in [6.45, 7) is 6.67. The minimum Gasteiger partial charge on any atom is -0.394 e. The van der Waals surface area contributed by atoms with Crippen molar-refractivity contribution < 1.29 is 14.4 Å². The number of halogens is 2. The smallest absolute Gasteiger partial charge is 0.255 e. The summed E-state index contributed by atoms with van der Waals surface area (Å²) in [4.78, 5) is 20.1. The minimum absolute atomic E-state index is 0.256. The standard InChI is InChI=1S/C21H23Cl2N3O3/c1-15(25-29-13-10-26-8-11-28-12-9-26)16-2-5-18(6-3-16)24-21(27)17-4-7-19(22)20(23)14-17/h2-7,14H,8-13H2,1H3,(H,24,27)/b25-15-. The first-order valence-electron chi connectivity index (χ1n) is 9.36. The van der Waals surface area contributed by atoms with Crippen molar-refractivity contribution >= 4 is 40.5 Å². The molecule has 1 aliphatic rings. The average Bonchev–Trinajstić information content (AvgIpc) is 2.74. The summed E-state index contributed by atoms with van der Waals surface area (Å²) in [7, 11) is 0. The van der Waals surface area contributed by atoms with E-state index in [1.54, 1.807) is 18.2 Å². The van der Waals surface area contributed by atoms with Crippen LogP contribution in [0.4, 0.5) is 5.69 Å². The fourth-order valence-electron chi connectivity index (χ4n) is 2.83. The molecule has 2 aromatic rings. The Morgan fingerprint density at radius 1 is 1.10 bits per heavy atom. The van der Waals surface area contributed by atoms with Crippen LogP contribution >= 0.6 is 23.2 Å². The van der Waals surface area contributed by atoms with Crippen molar-refractivity contribution in [1.29, 1.82) is 0 Å². The maximum Gasteiger partial charge on any atom is 0.255 e. The zero-order valence-corrected chi connectivity index (χ0v) is 17.7. The van der Waals surface area contributed by atoms with Crippen molar-refractivity contribution in [3.05, 3.63) is 63.6 Å². The number of hydrogen-bond acceptors (Lipinski definition) is 5. The lowest BCUT2D eigenvalue weighted by molar-refractivity contribution is 0.0212. The van der Waals surface area contributed by atoms with Gasteiger partial charge in [0.25, 0.3) is 5.91 Å². The number of nitrogens with zero attached hydrogens (tertiary/aromatic N) is 2. The molecule has 0 aromatic heterocycles. The lowest BCUT2D eigenvalue weighted by atomic mass is 10.1. The molecular weight excluding hydrogens is 413 g/mol. The Morgan fingerprint density at radius 3 is 2.48 bits per heavy atom. The van der Waals surface area contributed by atoms with Crippen LogP contribution in [0.15, 0.2) is 47.6 Å². The number of morpholine rings is 1. The maximum absolute atomic E-state index is 12.3. The summed E-state index contributed by atoms with van der Waals surface area (Å²) in [5, 5.41) is 7.77. The van der Waals surface area contributed by atoms with Crippen molar-refractivity contribution in [2.45, 2.75) is 6.92 Å². The first-order valence-corrected chi connectivity index (χ1v) is 10.1. The molecule has 29 heavy (non-hydrogen) atoms. The lowest BCUT2D eigenvalue weighted by Crippen LogP contribution is -2.38. The Labute approximate surface area is 180 Å². The van der Waals surface area contributed by atoms with Gasteiger partial charge in [0.2, 0.25) is 0 Å². The van der Waals surface area contributed by atoms with Crippen LogP contribution in [0.2, 0.25) is 10.0 Å². The molecule has 0 radical (unpaired) electrons.